The van der Waals surface area contributed by atoms with Crippen molar-refractivity contribution in [3.63, 3.8) is 0 Å². The zero-order chi connectivity index (χ0) is 9.30. The van der Waals surface area contributed by atoms with Gasteiger partial charge in [0, 0.05) is 5.92 Å². The first-order valence-corrected chi connectivity index (χ1v) is 4.26. The molecule has 1 fully saturated rings. The molecule has 3 atom stereocenters. The summed E-state index contributed by atoms with van der Waals surface area (Å²) < 4.78 is 4.83. The molecule has 1 aliphatic rings. The van der Waals surface area contributed by atoms with Gasteiger partial charge in [-0.05, 0) is 19.8 Å². The van der Waals surface area contributed by atoms with Crippen LogP contribution < -0.4 is 0 Å². The van der Waals surface area contributed by atoms with E-state index in [2.05, 4.69) is 0 Å². The molecule has 0 unspecified atom stereocenters. The fourth-order valence-corrected chi connectivity index (χ4v) is 1.69. The highest BCUT2D eigenvalue weighted by atomic mass is 16.5. The van der Waals surface area contributed by atoms with Crippen LogP contribution in [-0.2, 0) is 14.3 Å². The van der Waals surface area contributed by atoms with Crippen molar-refractivity contribution in [2.24, 2.45) is 17.8 Å². The van der Waals surface area contributed by atoms with Crippen LogP contribution in [0.4, 0.5) is 0 Å². The molecule has 12 heavy (non-hydrogen) atoms. The molecule has 68 valence electrons. The summed E-state index contributed by atoms with van der Waals surface area (Å²) in [5.41, 5.74) is 0. The number of rotatable bonds is 3. The van der Waals surface area contributed by atoms with Crippen LogP contribution in [0.2, 0.25) is 0 Å². The van der Waals surface area contributed by atoms with Gasteiger partial charge in [-0.1, -0.05) is 6.92 Å². The number of carbonyl (C=O) groups is 2. The van der Waals surface area contributed by atoms with Gasteiger partial charge in [-0.15, -0.1) is 0 Å². The summed E-state index contributed by atoms with van der Waals surface area (Å²) in [5, 5.41) is 0. The summed E-state index contributed by atoms with van der Waals surface area (Å²) in [7, 11) is 0. The molecular formula is C9H14O3. The Labute approximate surface area is 72.1 Å². The summed E-state index contributed by atoms with van der Waals surface area (Å²) in [6.07, 6.45) is 0. The third-order valence-corrected chi connectivity index (χ3v) is 2.41. The topological polar surface area (TPSA) is 43.4 Å². The van der Waals surface area contributed by atoms with E-state index in [0.717, 1.165) is 0 Å². The Hall–Kier alpha value is -0.860. The number of hydrogen-bond acceptors (Lipinski definition) is 3. The Bertz CT molecular complexity index is 210. The first kappa shape index (κ1) is 9.23. The largest absolute Gasteiger partial charge is 0.466 e. The van der Waals surface area contributed by atoms with Gasteiger partial charge in [-0.2, -0.15) is 0 Å². The van der Waals surface area contributed by atoms with Crippen molar-refractivity contribution in [2.75, 3.05) is 6.61 Å². The number of carbonyl (C=O) groups excluding carboxylic acids is 2. The van der Waals surface area contributed by atoms with E-state index in [-0.39, 0.29) is 29.5 Å². The van der Waals surface area contributed by atoms with Crippen LogP contribution in [0, 0.1) is 17.8 Å². The first-order valence-electron chi connectivity index (χ1n) is 4.26. The van der Waals surface area contributed by atoms with Crippen molar-refractivity contribution in [3.05, 3.63) is 0 Å². The minimum atomic E-state index is -0.217. The molecule has 0 amide bonds. The Morgan fingerprint density at radius 3 is 2.25 bits per heavy atom. The number of hydrogen-bond donors (Lipinski definition) is 0. The van der Waals surface area contributed by atoms with E-state index < -0.39 is 0 Å². The van der Waals surface area contributed by atoms with Crippen molar-refractivity contribution >= 4 is 11.8 Å². The predicted octanol–water partition coefficient (Wildman–Crippen LogP) is 1.02. The van der Waals surface area contributed by atoms with E-state index in [4.69, 9.17) is 4.74 Å². The molecule has 3 heteroatoms. The van der Waals surface area contributed by atoms with E-state index in [0.29, 0.717) is 6.61 Å². The fourth-order valence-electron chi connectivity index (χ4n) is 1.69. The second-order valence-electron chi connectivity index (χ2n) is 3.27. The van der Waals surface area contributed by atoms with E-state index in [9.17, 15) is 9.59 Å². The lowest BCUT2D eigenvalue weighted by Crippen LogP contribution is -2.10. The highest BCUT2D eigenvalue weighted by molar-refractivity contribution is 5.90. The second kappa shape index (κ2) is 3.25. The summed E-state index contributed by atoms with van der Waals surface area (Å²) in [4.78, 5) is 22.1. The van der Waals surface area contributed by atoms with Crippen LogP contribution in [0.3, 0.4) is 0 Å². The average Bonchev–Trinajstić information content (AvgIpc) is 2.62. The van der Waals surface area contributed by atoms with Gasteiger partial charge in [-0.25, -0.2) is 0 Å². The Morgan fingerprint density at radius 2 is 1.92 bits per heavy atom. The van der Waals surface area contributed by atoms with Gasteiger partial charge in [-0.3, -0.25) is 9.59 Å². The minimum absolute atomic E-state index is 0.0796. The van der Waals surface area contributed by atoms with Crippen LogP contribution >= 0.6 is 0 Å². The van der Waals surface area contributed by atoms with Crippen molar-refractivity contribution in [1.82, 2.24) is 0 Å². The Kier molecular flexibility index (Phi) is 2.50. The number of ether oxygens (including phenoxy) is 1. The molecular weight excluding hydrogens is 156 g/mol. The molecule has 0 aromatic heterocycles. The lowest BCUT2D eigenvalue weighted by molar-refractivity contribution is -0.146. The van der Waals surface area contributed by atoms with E-state index in [1.54, 1.807) is 6.92 Å². The zero-order valence-electron chi connectivity index (χ0n) is 7.66. The van der Waals surface area contributed by atoms with Gasteiger partial charge < -0.3 is 4.74 Å². The molecule has 0 radical (unpaired) electrons. The van der Waals surface area contributed by atoms with Crippen molar-refractivity contribution < 1.29 is 14.3 Å². The number of ketones is 1. The second-order valence-corrected chi connectivity index (χ2v) is 3.27. The third-order valence-electron chi connectivity index (χ3n) is 2.41. The lowest BCUT2D eigenvalue weighted by Gasteiger charge is -1.98. The smallest absolute Gasteiger partial charge is 0.309 e. The summed E-state index contributed by atoms with van der Waals surface area (Å²) >= 11 is 0. The van der Waals surface area contributed by atoms with Gasteiger partial charge in [0.2, 0.25) is 0 Å². The zero-order valence-corrected chi connectivity index (χ0v) is 7.66. The van der Waals surface area contributed by atoms with Crippen LogP contribution in [0.15, 0.2) is 0 Å². The maximum atomic E-state index is 11.2. The Balaban J connectivity index is 2.47. The molecule has 0 saturated heterocycles. The molecule has 1 saturated carbocycles. The fraction of sp³-hybridized carbons (Fsp3) is 0.778. The molecule has 0 aromatic rings. The maximum Gasteiger partial charge on any atom is 0.309 e. The standard InChI is InChI=1S/C9H14O3/c1-4-12-9(11)8-5(2)7(8)6(3)10/h5,7-8H,4H2,1-3H3/t5-,7-,8+/m0/s1. The van der Waals surface area contributed by atoms with Crippen LogP contribution in [0.5, 0.6) is 0 Å². The maximum absolute atomic E-state index is 11.2. The SMILES string of the molecule is CCOC(=O)[C@@H]1[C@@H](C)[C@H]1C(C)=O. The van der Waals surface area contributed by atoms with Crippen molar-refractivity contribution in [1.29, 1.82) is 0 Å². The van der Waals surface area contributed by atoms with Gasteiger partial charge in [0.1, 0.15) is 5.78 Å². The molecule has 0 spiro atoms. The van der Waals surface area contributed by atoms with Crippen molar-refractivity contribution in [2.45, 2.75) is 20.8 Å². The Morgan fingerprint density at radius 1 is 1.33 bits per heavy atom. The van der Waals surface area contributed by atoms with Crippen LogP contribution in [0.25, 0.3) is 0 Å². The monoisotopic (exact) mass is 170 g/mol. The summed E-state index contributed by atoms with van der Waals surface area (Å²) in [6.45, 7) is 5.61. The van der Waals surface area contributed by atoms with Gasteiger partial charge in [0.05, 0.1) is 12.5 Å². The quantitative estimate of drug-likeness (QED) is 0.594. The molecule has 0 heterocycles. The molecule has 0 N–H and O–H groups in total. The molecule has 1 rings (SSSR count). The minimum Gasteiger partial charge on any atom is -0.466 e. The molecule has 3 nitrogen and oxygen atoms in total. The average molecular weight is 170 g/mol. The molecule has 0 bridgehead atoms. The highest BCUT2D eigenvalue weighted by Crippen LogP contribution is 2.47. The molecule has 0 aromatic carbocycles. The van der Waals surface area contributed by atoms with E-state index in [1.807, 2.05) is 6.92 Å². The number of Topliss-reactive ketones (excluding diaryl/α,β-unsaturated/α-hetero) is 1. The van der Waals surface area contributed by atoms with E-state index >= 15 is 0 Å². The van der Waals surface area contributed by atoms with Crippen LogP contribution in [-0.4, -0.2) is 18.4 Å². The van der Waals surface area contributed by atoms with Gasteiger partial charge >= 0.3 is 5.97 Å². The van der Waals surface area contributed by atoms with Gasteiger partial charge in [0.25, 0.3) is 0 Å². The third kappa shape index (κ3) is 1.49. The first-order chi connectivity index (χ1) is 5.59. The summed E-state index contributed by atoms with van der Waals surface area (Å²) in [6, 6.07) is 0. The van der Waals surface area contributed by atoms with Crippen LogP contribution in [0.1, 0.15) is 20.8 Å². The predicted molar refractivity (Wildman–Crippen MR) is 43.5 cm³/mol. The molecule has 0 aliphatic heterocycles. The highest BCUT2D eigenvalue weighted by Gasteiger charge is 2.55. The van der Waals surface area contributed by atoms with Crippen molar-refractivity contribution in [3.8, 4) is 0 Å². The van der Waals surface area contributed by atoms with Gasteiger partial charge in [0.15, 0.2) is 0 Å². The number of esters is 1. The van der Waals surface area contributed by atoms with E-state index in [1.165, 1.54) is 6.92 Å². The summed E-state index contributed by atoms with van der Waals surface area (Å²) in [5.74, 6) is -0.182. The normalized spacial score (nSPS) is 32.8. The lowest BCUT2D eigenvalue weighted by atomic mass is 10.2. The molecule has 1 aliphatic carbocycles.